The van der Waals surface area contributed by atoms with Gasteiger partial charge in [-0.1, -0.05) is 12.1 Å². The third kappa shape index (κ3) is 4.02. The van der Waals surface area contributed by atoms with E-state index < -0.39 is 0 Å². The molecule has 1 atom stereocenters. The van der Waals surface area contributed by atoms with Gasteiger partial charge < -0.3 is 15.2 Å². The van der Waals surface area contributed by atoms with E-state index in [9.17, 15) is 14.0 Å². The maximum atomic E-state index is 13.4. The van der Waals surface area contributed by atoms with Crippen LogP contribution in [0.3, 0.4) is 0 Å². The zero-order valence-electron chi connectivity index (χ0n) is 12.5. The van der Waals surface area contributed by atoms with Gasteiger partial charge >= 0.3 is 0 Å². The molecule has 1 heterocycles. The van der Waals surface area contributed by atoms with Crippen molar-refractivity contribution in [2.24, 2.45) is 0 Å². The second-order valence-corrected chi connectivity index (χ2v) is 5.19. The summed E-state index contributed by atoms with van der Waals surface area (Å²) in [5.41, 5.74) is 0.894. The van der Waals surface area contributed by atoms with Crippen molar-refractivity contribution in [2.75, 3.05) is 20.6 Å². The van der Waals surface area contributed by atoms with Crippen LogP contribution in [0.5, 0.6) is 0 Å². The number of carbonyl (C=O) groups excluding carboxylic acids is 1. The van der Waals surface area contributed by atoms with Crippen LogP contribution in [0.4, 0.5) is 4.39 Å². The van der Waals surface area contributed by atoms with E-state index in [1.807, 2.05) is 25.1 Å². The predicted octanol–water partition coefficient (Wildman–Crippen LogP) is 1.55. The van der Waals surface area contributed by atoms with Gasteiger partial charge in [-0.3, -0.25) is 9.59 Å². The lowest BCUT2D eigenvalue weighted by Gasteiger charge is -2.25. The Labute approximate surface area is 127 Å². The van der Waals surface area contributed by atoms with E-state index in [1.54, 1.807) is 6.07 Å². The SMILES string of the molecule is CN(C)[C@@H](CNC(=O)c1ccc(=O)[nH]c1)c1cccc(F)c1. The number of hydrogen-bond donors (Lipinski definition) is 2. The van der Waals surface area contributed by atoms with Gasteiger partial charge in [-0.2, -0.15) is 0 Å². The lowest BCUT2D eigenvalue weighted by atomic mass is 10.1. The third-order valence-electron chi connectivity index (χ3n) is 3.36. The minimum absolute atomic E-state index is 0.151. The maximum Gasteiger partial charge on any atom is 0.252 e. The quantitative estimate of drug-likeness (QED) is 0.881. The Kier molecular flexibility index (Phi) is 5.06. The number of carbonyl (C=O) groups is 1. The van der Waals surface area contributed by atoms with Gasteiger partial charge in [0.15, 0.2) is 0 Å². The molecule has 1 aromatic heterocycles. The predicted molar refractivity (Wildman–Crippen MR) is 82.2 cm³/mol. The first-order valence-corrected chi connectivity index (χ1v) is 6.86. The molecule has 5 nitrogen and oxygen atoms in total. The van der Waals surface area contributed by atoms with E-state index in [1.165, 1.54) is 30.5 Å². The molecule has 116 valence electrons. The molecule has 2 aromatic rings. The van der Waals surface area contributed by atoms with Gasteiger partial charge in [0.05, 0.1) is 11.6 Å². The highest BCUT2D eigenvalue weighted by Crippen LogP contribution is 2.18. The molecule has 0 saturated heterocycles. The Morgan fingerprint density at radius 2 is 2.09 bits per heavy atom. The number of rotatable bonds is 5. The van der Waals surface area contributed by atoms with Gasteiger partial charge in [0.1, 0.15) is 5.82 Å². The van der Waals surface area contributed by atoms with E-state index in [0.717, 1.165) is 5.56 Å². The molecule has 6 heteroatoms. The lowest BCUT2D eigenvalue weighted by molar-refractivity contribution is 0.0941. The Morgan fingerprint density at radius 1 is 1.32 bits per heavy atom. The third-order valence-corrected chi connectivity index (χ3v) is 3.36. The molecule has 0 radical (unpaired) electrons. The molecule has 0 spiro atoms. The van der Waals surface area contributed by atoms with E-state index in [0.29, 0.717) is 12.1 Å². The molecule has 1 amide bonds. The molecule has 0 aliphatic heterocycles. The molecule has 0 aliphatic carbocycles. The summed E-state index contributed by atoms with van der Waals surface area (Å²) in [6, 6.07) is 8.91. The number of amides is 1. The number of nitrogens with zero attached hydrogens (tertiary/aromatic N) is 1. The van der Waals surface area contributed by atoms with E-state index in [4.69, 9.17) is 0 Å². The molecule has 1 aromatic carbocycles. The second kappa shape index (κ2) is 7.00. The summed E-state index contributed by atoms with van der Waals surface area (Å²) < 4.78 is 13.4. The molecular formula is C16H18FN3O2. The highest BCUT2D eigenvalue weighted by molar-refractivity contribution is 5.93. The Balaban J connectivity index is 2.07. The van der Waals surface area contributed by atoms with Crippen molar-refractivity contribution in [3.05, 3.63) is 69.9 Å². The van der Waals surface area contributed by atoms with Crippen molar-refractivity contribution in [2.45, 2.75) is 6.04 Å². The number of benzene rings is 1. The summed E-state index contributed by atoms with van der Waals surface area (Å²) >= 11 is 0. The lowest BCUT2D eigenvalue weighted by Crippen LogP contribution is -2.34. The number of pyridine rings is 1. The van der Waals surface area contributed by atoms with Crippen LogP contribution in [-0.4, -0.2) is 36.4 Å². The maximum absolute atomic E-state index is 13.4. The van der Waals surface area contributed by atoms with E-state index >= 15 is 0 Å². The van der Waals surface area contributed by atoms with Crippen molar-refractivity contribution in [1.29, 1.82) is 0 Å². The van der Waals surface area contributed by atoms with Crippen LogP contribution in [0, 0.1) is 5.82 Å². The second-order valence-electron chi connectivity index (χ2n) is 5.19. The van der Waals surface area contributed by atoms with Crippen molar-refractivity contribution in [1.82, 2.24) is 15.2 Å². The monoisotopic (exact) mass is 303 g/mol. The number of halogens is 1. The molecule has 2 N–H and O–H groups in total. The molecule has 22 heavy (non-hydrogen) atoms. The van der Waals surface area contributed by atoms with Gasteiger partial charge in [-0.05, 0) is 37.9 Å². The fraction of sp³-hybridized carbons (Fsp3) is 0.250. The molecule has 0 aliphatic rings. The standard InChI is InChI=1S/C16H18FN3O2/c1-20(2)14(11-4-3-5-13(17)8-11)10-19-16(22)12-6-7-15(21)18-9-12/h3-9,14H,10H2,1-2H3,(H,18,21)(H,19,22)/t14-/m0/s1. The van der Waals surface area contributed by atoms with Crippen LogP contribution in [0.1, 0.15) is 22.0 Å². The summed E-state index contributed by atoms with van der Waals surface area (Å²) in [4.78, 5) is 27.4. The van der Waals surface area contributed by atoms with Crippen LogP contribution >= 0.6 is 0 Å². The van der Waals surface area contributed by atoms with Gasteiger partial charge in [0.25, 0.3) is 5.91 Å². The normalized spacial score (nSPS) is 12.2. The van der Waals surface area contributed by atoms with Gasteiger partial charge in [0, 0.05) is 18.8 Å². The summed E-state index contributed by atoms with van der Waals surface area (Å²) in [6.45, 7) is 0.328. The Bertz CT molecular complexity index is 692. The fourth-order valence-electron chi connectivity index (χ4n) is 2.16. The van der Waals surface area contributed by atoms with Crippen LogP contribution in [0.15, 0.2) is 47.4 Å². The topological polar surface area (TPSA) is 65.2 Å². The largest absolute Gasteiger partial charge is 0.350 e. The number of likely N-dealkylation sites (N-methyl/N-ethyl adjacent to an activating group) is 1. The molecule has 0 fully saturated rings. The van der Waals surface area contributed by atoms with Crippen molar-refractivity contribution >= 4 is 5.91 Å². The summed E-state index contributed by atoms with van der Waals surface area (Å²) in [6.07, 6.45) is 1.37. The van der Waals surface area contributed by atoms with Crippen molar-refractivity contribution < 1.29 is 9.18 Å². The Morgan fingerprint density at radius 3 is 2.68 bits per heavy atom. The molecular weight excluding hydrogens is 285 g/mol. The van der Waals surface area contributed by atoms with Gasteiger partial charge in [-0.15, -0.1) is 0 Å². The number of hydrogen-bond acceptors (Lipinski definition) is 3. The smallest absolute Gasteiger partial charge is 0.252 e. The molecule has 0 unspecified atom stereocenters. The fourth-order valence-corrected chi connectivity index (χ4v) is 2.16. The van der Waals surface area contributed by atoms with Crippen molar-refractivity contribution in [3.8, 4) is 0 Å². The zero-order chi connectivity index (χ0) is 16.1. The molecule has 2 rings (SSSR count). The molecule has 0 saturated carbocycles. The Hall–Kier alpha value is -2.47. The van der Waals surface area contributed by atoms with Gasteiger partial charge in [-0.25, -0.2) is 4.39 Å². The first-order valence-electron chi connectivity index (χ1n) is 6.86. The highest BCUT2D eigenvalue weighted by atomic mass is 19.1. The minimum atomic E-state index is -0.309. The van der Waals surface area contributed by atoms with Crippen LogP contribution in [0.25, 0.3) is 0 Å². The minimum Gasteiger partial charge on any atom is -0.350 e. The first-order chi connectivity index (χ1) is 10.5. The summed E-state index contributed by atoms with van der Waals surface area (Å²) in [7, 11) is 3.73. The van der Waals surface area contributed by atoms with Crippen LogP contribution in [0.2, 0.25) is 0 Å². The highest BCUT2D eigenvalue weighted by Gasteiger charge is 2.16. The zero-order valence-corrected chi connectivity index (χ0v) is 12.5. The number of aromatic nitrogens is 1. The number of H-pyrrole nitrogens is 1. The van der Waals surface area contributed by atoms with E-state index in [2.05, 4.69) is 10.3 Å². The van der Waals surface area contributed by atoms with Crippen molar-refractivity contribution in [3.63, 3.8) is 0 Å². The van der Waals surface area contributed by atoms with Crippen LogP contribution in [-0.2, 0) is 0 Å². The van der Waals surface area contributed by atoms with Crippen LogP contribution < -0.4 is 10.9 Å². The average molecular weight is 303 g/mol. The number of nitrogens with one attached hydrogen (secondary N) is 2. The van der Waals surface area contributed by atoms with E-state index in [-0.39, 0.29) is 23.3 Å². The summed E-state index contributed by atoms with van der Waals surface area (Å²) in [5, 5.41) is 2.79. The number of aromatic amines is 1. The molecule has 0 bridgehead atoms. The summed E-state index contributed by atoms with van der Waals surface area (Å²) in [5.74, 6) is -0.601. The van der Waals surface area contributed by atoms with Gasteiger partial charge in [0.2, 0.25) is 5.56 Å². The first kappa shape index (κ1) is 15.9. The average Bonchev–Trinajstić information content (AvgIpc) is 2.47.